The molecule has 28 heavy (non-hydrogen) atoms. The van der Waals surface area contributed by atoms with E-state index in [9.17, 15) is 0 Å². The van der Waals surface area contributed by atoms with Crippen molar-refractivity contribution in [1.82, 2.24) is 0 Å². The summed E-state index contributed by atoms with van der Waals surface area (Å²) < 4.78 is 0. The molecule has 0 atom stereocenters. The van der Waals surface area contributed by atoms with Crippen LogP contribution in [0.1, 0.15) is 28.2 Å². The van der Waals surface area contributed by atoms with Crippen LogP contribution in [-0.4, -0.2) is 6.54 Å². The van der Waals surface area contributed by atoms with Gasteiger partial charge in [-0.05, 0) is 22.3 Å². The van der Waals surface area contributed by atoms with Gasteiger partial charge in [0.05, 0.1) is 0 Å². The smallest absolute Gasteiger partial charge is 0.0433 e. The lowest BCUT2D eigenvalue weighted by molar-refractivity contribution is 0.463. The van der Waals surface area contributed by atoms with Gasteiger partial charge in [-0.1, -0.05) is 121 Å². The SMILES string of the molecule is NCC(c1ccccc1)(c1ccccc1)C(c1ccccc1)c1ccccc1. The van der Waals surface area contributed by atoms with Gasteiger partial charge in [-0.15, -0.1) is 0 Å². The van der Waals surface area contributed by atoms with Crippen LogP contribution in [0.2, 0.25) is 0 Å². The minimum atomic E-state index is -0.370. The Labute approximate surface area is 167 Å². The monoisotopic (exact) mass is 363 g/mol. The molecule has 0 bridgehead atoms. The fraction of sp³-hybridized carbons (Fsp3) is 0.111. The maximum absolute atomic E-state index is 6.65. The first-order valence-corrected chi connectivity index (χ1v) is 9.77. The molecule has 0 aliphatic rings. The minimum absolute atomic E-state index is 0.102. The topological polar surface area (TPSA) is 26.0 Å². The molecule has 0 aliphatic heterocycles. The molecule has 0 radical (unpaired) electrons. The average Bonchev–Trinajstić information content (AvgIpc) is 2.80. The van der Waals surface area contributed by atoms with Crippen LogP contribution in [0.15, 0.2) is 121 Å². The second-order valence-electron chi connectivity index (χ2n) is 7.16. The van der Waals surface area contributed by atoms with Gasteiger partial charge in [0.15, 0.2) is 0 Å². The molecule has 1 nitrogen and oxygen atoms in total. The summed E-state index contributed by atoms with van der Waals surface area (Å²) in [5, 5.41) is 0. The van der Waals surface area contributed by atoms with E-state index in [1.165, 1.54) is 22.3 Å². The summed E-state index contributed by atoms with van der Waals surface area (Å²) in [6.07, 6.45) is 0. The standard InChI is InChI=1S/C27H25N/c28-21-27(24-17-9-3-10-18-24,25-19-11-4-12-20-25)26(22-13-5-1-6-14-22)23-15-7-2-8-16-23/h1-20,26H,21,28H2. The zero-order chi connectivity index (χ0) is 19.2. The Bertz CT molecular complexity index is 900. The fourth-order valence-corrected chi connectivity index (χ4v) is 4.38. The van der Waals surface area contributed by atoms with Crippen molar-refractivity contribution < 1.29 is 0 Å². The molecular formula is C27H25N. The summed E-state index contributed by atoms with van der Waals surface area (Å²) in [5.74, 6) is 0.102. The molecule has 2 N–H and O–H groups in total. The molecule has 0 heterocycles. The van der Waals surface area contributed by atoms with Crippen molar-refractivity contribution >= 4 is 0 Å². The molecule has 0 aromatic heterocycles. The van der Waals surface area contributed by atoms with Crippen LogP contribution >= 0.6 is 0 Å². The molecule has 4 rings (SSSR count). The molecule has 0 amide bonds. The Hall–Kier alpha value is -3.16. The highest BCUT2D eigenvalue weighted by atomic mass is 14.6. The summed E-state index contributed by atoms with van der Waals surface area (Å²) in [4.78, 5) is 0. The van der Waals surface area contributed by atoms with Gasteiger partial charge in [0.2, 0.25) is 0 Å². The predicted molar refractivity (Wildman–Crippen MR) is 117 cm³/mol. The zero-order valence-corrected chi connectivity index (χ0v) is 15.9. The highest BCUT2D eigenvalue weighted by Gasteiger charge is 2.42. The number of hydrogen-bond donors (Lipinski definition) is 1. The van der Waals surface area contributed by atoms with E-state index in [0.717, 1.165) is 0 Å². The van der Waals surface area contributed by atoms with Gasteiger partial charge in [-0.2, -0.15) is 0 Å². The summed E-state index contributed by atoms with van der Waals surface area (Å²) >= 11 is 0. The van der Waals surface area contributed by atoms with Crippen molar-refractivity contribution in [1.29, 1.82) is 0 Å². The molecule has 4 aromatic carbocycles. The number of nitrogens with two attached hydrogens (primary N) is 1. The van der Waals surface area contributed by atoms with Gasteiger partial charge < -0.3 is 5.73 Å². The Morgan fingerprint density at radius 1 is 0.500 bits per heavy atom. The van der Waals surface area contributed by atoms with Gasteiger partial charge in [0.25, 0.3) is 0 Å². The van der Waals surface area contributed by atoms with Gasteiger partial charge in [-0.25, -0.2) is 0 Å². The molecule has 1 heteroatoms. The summed E-state index contributed by atoms with van der Waals surface area (Å²) in [6.45, 7) is 0.509. The van der Waals surface area contributed by atoms with Crippen LogP contribution in [0.3, 0.4) is 0 Å². The normalized spacial score (nSPS) is 11.5. The Balaban J connectivity index is 2.05. The molecule has 0 saturated carbocycles. The van der Waals surface area contributed by atoms with Gasteiger partial charge in [0.1, 0.15) is 0 Å². The summed E-state index contributed by atoms with van der Waals surface area (Å²) in [5.41, 5.74) is 11.3. The Morgan fingerprint density at radius 2 is 0.821 bits per heavy atom. The third-order valence-electron chi connectivity index (χ3n) is 5.66. The van der Waals surface area contributed by atoms with E-state index in [0.29, 0.717) is 6.54 Å². The summed E-state index contributed by atoms with van der Waals surface area (Å²) in [6, 6.07) is 42.8. The second-order valence-corrected chi connectivity index (χ2v) is 7.16. The van der Waals surface area contributed by atoms with Crippen molar-refractivity contribution in [3.05, 3.63) is 144 Å². The number of hydrogen-bond acceptors (Lipinski definition) is 1. The van der Waals surface area contributed by atoms with Crippen LogP contribution in [0.25, 0.3) is 0 Å². The van der Waals surface area contributed by atoms with Gasteiger partial charge >= 0.3 is 0 Å². The van der Waals surface area contributed by atoms with E-state index in [-0.39, 0.29) is 11.3 Å². The maximum atomic E-state index is 6.65. The molecule has 0 aliphatic carbocycles. The molecule has 4 aromatic rings. The second kappa shape index (κ2) is 8.24. The first-order chi connectivity index (χ1) is 13.9. The Morgan fingerprint density at radius 3 is 1.14 bits per heavy atom. The summed E-state index contributed by atoms with van der Waals surface area (Å²) in [7, 11) is 0. The minimum Gasteiger partial charge on any atom is -0.329 e. The third kappa shape index (κ3) is 3.26. The number of benzene rings is 4. The van der Waals surface area contributed by atoms with Gasteiger partial charge in [-0.3, -0.25) is 0 Å². The van der Waals surface area contributed by atoms with Crippen molar-refractivity contribution in [2.75, 3.05) is 6.54 Å². The average molecular weight is 364 g/mol. The number of rotatable bonds is 6. The van der Waals surface area contributed by atoms with Crippen LogP contribution in [-0.2, 0) is 5.41 Å². The van der Waals surface area contributed by atoms with Crippen LogP contribution < -0.4 is 5.73 Å². The quantitative estimate of drug-likeness (QED) is 0.463. The van der Waals surface area contributed by atoms with Crippen LogP contribution in [0.4, 0.5) is 0 Å². The van der Waals surface area contributed by atoms with Crippen molar-refractivity contribution in [3.63, 3.8) is 0 Å². The van der Waals surface area contributed by atoms with E-state index in [2.05, 4.69) is 121 Å². The van der Waals surface area contributed by atoms with Gasteiger partial charge in [0, 0.05) is 17.9 Å². The van der Waals surface area contributed by atoms with Crippen LogP contribution in [0.5, 0.6) is 0 Å². The highest BCUT2D eigenvalue weighted by Crippen LogP contribution is 2.47. The van der Waals surface area contributed by atoms with Crippen molar-refractivity contribution in [2.45, 2.75) is 11.3 Å². The molecular weight excluding hydrogens is 338 g/mol. The lowest BCUT2D eigenvalue weighted by Crippen LogP contribution is -2.42. The lowest BCUT2D eigenvalue weighted by Gasteiger charge is -2.42. The largest absolute Gasteiger partial charge is 0.329 e. The molecule has 0 unspecified atom stereocenters. The molecule has 0 spiro atoms. The first kappa shape index (κ1) is 18.2. The van der Waals surface area contributed by atoms with E-state index in [4.69, 9.17) is 5.73 Å². The third-order valence-corrected chi connectivity index (χ3v) is 5.66. The maximum Gasteiger partial charge on any atom is 0.0433 e. The van der Waals surface area contributed by atoms with Crippen molar-refractivity contribution in [3.8, 4) is 0 Å². The fourth-order valence-electron chi connectivity index (χ4n) is 4.38. The first-order valence-electron chi connectivity index (χ1n) is 9.77. The van der Waals surface area contributed by atoms with E-state index < -0.39 is 0 Å². The van der Waals surface area contributed by atoms with Crippen molar-refractivity contribution in [2.24, 2.45) is 5.73 Å². The predicted octanol–water partition coefficient (Wildman–Crippen LogP) is 5.76. The van der Waals surface area contributed by atoms with Crippen LogP contribution in [0, 0.1) is 0 Å². The molecule has 0 fully saturated rings. The lowest BCUT2D eigenvalue weighted by atomic mass is 9.61. The van der Waals surface area contributed by atoms with E-state index >= 15 is 0 Å². The zero-order valence-electron chi connectivity index (χ0n) is 15.9. The molecule has 0 saturated heterocycles. The van der Waals surface area contributed by atoms with E-state index in [1.54, 1.807) is 0 Å². The molecule has 138 valence electrons. The Kier molecular flexibility index (Phi) is 5.36. The van der Waals surface area contributed by atoms with E-state index in [1.807, 2.05) is 0 Å². The highest BCUT2D eigenvalue weighted by molar-refractivity contribution is 5.50.